The molecule has 48 heavy (non-hydrogen) atoms. The molecule has 0 aliphatic heterocycles. The van der Waals surface area contributed by atoms with E-state index in [0.717, 1.165) is 0 Å². The lowest BCUT2D eigenvalue weighted by Gasteiger charge is -2.23. The van der Waals surface area contributed by atoms with E-state index in [4.69, 9.17) is 0 Å². The fourth-order valence-electron chi connectivity index (χ4n) is 8.14. The summed E-state index contributed by atoms with van der Waals surface area (Å²) in [6, 6.07) is 60.9. The third-order valence-corrected chi connectivity index (χ3v) is 12.2. The van der Waals surface area contributed by atoms with Crippen LogP contribution in [0.15, 0.2) is 164 Å². The highest BCUT2D eigenvalue weighted by Crippen LogP contribution is 2.45. The summed E-state index contributed by atoms with van der Waals surface area (Å²) >= 11 is 0. The van der Waals surface area contributed by atoms with Crippen LogP contribution in [0.25, 0.3) is 87.2 Å². The van der Waals surface area contributed by atoms with Gasteiger partial charge in [0.15, 0.2) is 0 Å². The lowest BCUT2D eigenvalue weighted by atomic mass is 9.84. The molecule has 9 aromatic carbocycles. The van der Waals surface area contributed by atoms with Gasteiger partial charge in [-0.2, -0.15) is 0 Å². The van der Waals surface area contributed by atoms with Crippen molar-refractivity contribution in [3.63, 3.8) is 0 Å². The van der Waals surface area contributed by atoms with E-state index in [-0.39, 0.29) is 0 Å². The van der Waals surface area contributed by atoms with Gasteiger partial charge in [-0.1, -0.05) is 171 Å². The molecule has 0 aliphatic carbocycles. The molecule has 228 valence electrons. The third kappa shape index (κ3) is 4.50. The van der Waals surface area contributed by atoms with Crippen molar-refractivity contribution in [2.45, 2.75) is 19.6 Å². The number of rotatable bonds is 4. The Bertz CT molecular complexity index is 2680. The van der Waals surface area contributed by atoms with E-state index in [1.807, 2.05) is 0 Å². The lowest BCUT2D eigenvalue weighted by molar-refractivity contribution is 1.64. The summed E-state index contributed by atoms with van der Waals surface area (Å²) in [5, 5.41) is 14.8. The van der Waals surface area contributed by atoms with Crippen molar-refractivity contribution in [2.75, 3.05) is 0 Å². The summed E-state index contributed by atoms with van der Waals surface area (Å²) in [6.07, 6.45) is 0. The SMILES string of the molecule is C[Si](C)(C)c1c2ccccc2cc2c1ccc1c(-c3ccc4c(-c5ccccc5)c5ccccc5c(-c5ccccc5)c4c3)cccc12. The minimum Gasteiger partial charge on any atom is -0.0656 e. The fraction of sp³-hybridized carbons (Fsp3) is 0.0638. The van der Waals surface area contributed by atoms with Crippen LogP contribution in [0.5, 0.6) is 0 Å². The molecule has 0 atom stereocenters. The molecule has 0 saturated carbocycles. The van der Waals surface area contributed by atoms with Gasteiger partial charge in [-0.25, -0.2) is 0 Å². The molecule has 0 saturated heterocycles. The van der Waals surface area contributed by atoms with Crippen molar-refractivity contribution in [3.8, 4) is 33.4 Å². The molecule has 0 spiro atoms. The summed E-state index contributed by atoms with van der Waals surface area (Å²) in [6.45, 7) is 7.42. The Balaban J connectivity index is 1.37. The van der Waals surface area contributed by atoms with Crippen molar-refractivity contribution in [1.82, 2.24) is 0 Å². The number of hydrogen-bond donors (Lipinski definition) is 0. The summed E-state index contributed by atoms with van der Waals surface area (Å²) in [7, 11) is -1.65. The second-order valence-electron chi connectivity index (χ2n) is 14.1. The molecule has 0 aromatic heterocycles. The monoisotopic (exact) mass is 628 g/mol. The van der Waals surface area contributed by atoms with Gasteiger partial charge in [-0.15, -0.1) is 0 Å². The number of benzene rings is 9. The second kappa shape index (κ2) is 11.0. The first kappa shape index (κ1) is 28.7. The van der Waals surface area contributed by atoms with Gasteiger partial charge in [0.05, 0.1) is 8.07 Å². The molecule has 0 radical (unpaired) electrons. The second-order valence-corrected chi connectivity index (χ2v) is 19.1. The Morgan fingerprint density at radius 2 is 0.833 bits per heavy atom. The quantitative estimate of drug-likeness (QED) is 0.103. The van der Waals surface area contributed by atoms with Crippen molar-refractivity contribution < 1.29 is 0 Å². The topological polar surface area (TPSA) is 0 Å². The first-order chi connectivity index (χ1) is 23.5. The fourth-order valence-corrected chi connectivity index (χ4v) is 10.2. The maximum absolute atomic E-state index is 2.47. The minimum absolute atomic E-state index is 1.24. The van der Waals surface area contributed by atoms with Gasteiger partial charge in [0, 0.05) is 0 Å². The molecule has 9 aromatic rings. The minimum atomic E-state index is -1.65. The van der Waals surface area contributed by atoms with E-state index >= 15 is 0 Å². The highest BCUT2D eigenvalue weighted by Gasteiger charge is 2.24. The van der Waals surface area contributed by atoms with Crippen LogP contribution in [0.2, 0.25) is 19.6 Å². The predicted octanol–water partition coefficient (Wildman–Crippen LogP) is 13.0. The zero-order valence-electron chi connectivity index (χ0n) is 27.6. The van der Waals surface area contributed by atoms with E-state index < -0.39 is 8.07 Å². The standard InChI is InChI=1S/C47H36Si/c1-48(2,3)47-36-20-11-10-19-33(36)29-43-37-24-14-23-35(38(37)27-28-42(43)47)34-25-26-41-44(30-34)46(32-17-8-5-9-18-32)40-22-13-12-21-39(40)45(41)31-15-6-4-7-16-31/h4-30H,1-3H3. The molecule has 0 N–H and O–H groups in total. The molecule has 0 aliphatic rings. The first-order valence-electron chi connectivity index (χ1n) is 16.9. The van der Waals surface area contributed by atoms with Gasteiger partial charge in [0.25, 0.3) is 0 Å². The zero-order valence-corrected chi connectivity index (χ0v) is 28.6. The molecule has 1 heteroatoms. The Morgan fingerprint density at radius 3 is 1.50 bits per heavy atom. The van der Waals surface area contributed by atoms with E-state index in [9.17, 15) is 0 Å². The van der Waals surface area contributed by atoms with Gasteiger partial charge < -0.3 is 0 Å². The summed E-state index contributed by atoms with van der Waals surface area (Å²) in [5.41, 5.74) is 7.58. The van der Waals surface area contributed by atoms with Gasteiger partial charge in [-0.3, -0.25) is 0 Å². The van der Waals surface area contributed by atoms with E-state index in [1.165, 1.54) is 87.2 Å². The van der Waals surface area contributed by atoms with Crippen LogP contribution < -0.4 is 5.19 Å². The zero-order chi connectivity index (χ0) is 32.4. The molecule has 0 fully saturated rings. The maximum atomic E-state index is 2.47. The summed E-state index contributed by atoms with van der Waals surface area (Å²) in [4.78, 5) is 0. The van der Waals surface area contributed by atoms with Crippen molar-refractivity contribution in [3.05, 3.63) is 164 Å². The number of fused-ring (bicyclic) bond motifs is 6. The van der Waals surface area contributed by atoms with Crippen LogP contribution in [-0.4, -0.2) is 8.07 Å². The van der Waals surface area contributed by atoms with Crippen molar-refractivity contribution >= 4 is 67.1 Å². The van der Waals surface area contributed by atoms with Crippen molar-refractivity contribution in [2.24, 2.45) is 0 Å². The molecule has 0 amide bonds. The van der Waals surface area contributed by atoms with Gasteiger partial charge in [0.1, 0.15) is 0 Å². The molecule has 0 heterocycles. The summed E-state index contributed by atoms with van der Waals surface area (Å²) in [5.74, 6) is 0. The van der Waals surface area contributed by atoms with Gasteiger partial charge in [0.2, 0.25) is 0 Å². The van der Waals surface area contributed by atoms with Crippen LogP contribution >= 0.6 is 0 Å². The Hall–Kier alpha value is -5.50. The average Bonchev–Trinajstić information content (AvgIpc) is 3.12. The van der Waals surface area contributed by atoms with Crippen LogP contribution in [0, 0.1) is 0 Å². The smallest absolute Gasteiger partial charge is 0.0656 e. The lowest BCUT2D eigenvalue weighted by Crippen LogP contribution is -2.38. The van der Waals surface area contributed by atoms with Crippen LogP contribution in [0.4, 0.5) is 0 Å². The van der Waals surface area contributed by atoms with Gasteiger partial charge in [-0.05, 0) is 105 Å². The molecule has 0 nitrogen and oxygen atoms in total. The van der Waals surface area contributed by atoms with E-state index in [2.05, 4.69) is 183 Å². The molecular weight excluding hydrogens is 593 g/mol. The molecular formula is C47H36Si. The Morgan fingerprint density at radius 1 is 0.312 bits per heavy atom. The molecule has 0 unspecified atom stereocenters. The normalized spacial score (nSPS) is 12.1. The highest BCUT2D eigenvalue weighted by molar-refractivity contribution is 6.92. The molecule has 0 bridgehead atoms. The van der Waals surface area contributed by atoms with Crippen LogP contribution in [0.1, 0.15) is 0 Å². The van der Waals surface area contributed by atoms with E-state index in [1.54, 1.807) is 5.19 Å². The maximum Gasteiger partial charge on any atom is 0.0792 e. The highest BCUT2D eigenvalue weighted by atomic mass is 28.3. The van der Waals surface area contributed by atoms with Gasteiger partial charge >= 0.3 is 0 Å². The first-order valence-corrected chi connectivity index (χ1v) is 20.4. The predicted molar refractivity (Wildman–Crippen MR) is 213 cm³/mol. The van der Waals surface area contributed by atoms with Crippen molar-refractivity contribution in [1.29, 1.82) is 0 Å². The Kier molecular flexibility index (Phi) is 6.60. The third-order valence-electron chi connectivity index (χ3n) is 10.1. The number of hydrogen-bond acceptors (Lipinski definition) is 0. The molecule has 9 rings (SSSR count). The average molecular weight is 629 g/mol. The van der Waals surface area contributed by atoms with E-state index in [0.29, 0.717) is 0 Å². The largest absolute Gasteiger partial charge is 0.0792 e. The van der Waals surface area contributed by atoms with Crippen LogP contribution in [-0.2, 0) is 0 Å². The Labute approximate surface area is 282 Å². The van der Waals surface area contributed by atoms with Crippen LogP contribution in [0.3, 0.4) is 0 Å². The summed E-state index contributed by atoms with van der Waals surface area (Å²) < 4.78 is 0.